The zero-order chi connectivity index (χ0) is 21.8. The van der Waals surface area contributed by atoms with Crippen LogP contribution in [0.25, 0.3) is 0 Å². The van der Waals surface area contributed by atoms with Gasteiger partial charge in [-0.05, 0) is 0 Å². The summed E-state index contributed by atoms with van der Waals surface area (Å²) in [5.74, 6) is 0. The summed E-state index contributed by atoms with van der Waals surface area (Å²) in [4.78, 5) is 88.9. The van der Waals surface area contributed by atoms with Crippen LogP contribution in [0.4, 0.5) is 0 Å². The number of rotatable bonds is 8. The maximum Gasteiger partial charge on any atom is 1.00 e. The van der Waals surface area contributed by atoms with Gasteiger partial charge in [0.1, 0.15) is 0 Å². The number of hydrogen-bond donors (Lipinski definition) is 5. The van der Waals surface area contributed by atoms with E-state index in [0.717, 1.165) is 0 Å². The molecule has 20 nitrogen and oxygen atoms in total. The largest absolute Gasteiger partial charge is 1.00 e. The van der Waals surface area contributed by atoms with Gasteiger partial charge in [-0.2, -0.15) is 8.62 Å². The summed E-state index contributed by atoms with van der Waals surface area (Å²) in [6, 6.07) is 0. The van der Waals surface area contributed by atoms with Crippen molar-refractivity contribution in [3.05, 3.63) is 0 Å². The quantitative estimate of drug-likeness (QED) is 0.115. The predicted octanol–water partition coefficient (Wildman–Crippen LogP) is -19.5. The molecule has 0 saturated heterocycles. The molecule has 0 amide bonds. The van der Waals surface area contributed by atoms with Crippen molar-refractivity contribution < 1.29 is 350 Å². The summed E-state index contributed by atoms with van der Waals surface area (Å²) < 4.78 is 71.1. The van der Waals surface area contributed by atoms with Crippen LogP contribution in [0.1, 0.15) is 0 Å². The van der Waals surface area contributed by atoms with Crippen LogP contribution in [0, 0.1) is 0 Å². The van der Waals surface area contributed by atoms with Crippen molar-refractivity contribution in [1.29, 1.82) is 0 Å². The molecule has 0 spiro atoms. The second-order valence-electron chi connectivity index (χ2n) is 3.12. The molecule has 0 fully saturated rings. The Balaban J connectivity index is -0.0000000640. The van der Waals surface area contributed by atoms with Gasteiger partial charge in [0.05, 0.1) is 15.6 Å². The molecule has 0 aliphatic heterocycles. The van der Waals surface area contributed by atoms with E-state index in [1.807, 2.05) is 0 Å². The summed E-state index contributed by atoms with van der Waals surface area (Å²) >= 11 is 0. The molecule has 0 aromatic heterocycles. The fourth-order valence-electron chi connectivity index (χ4n) is 0.544. The van der Waals surface area contributed by atoms with Gasteiger partial charge in [0.2, 0.25) is 0 Å². The molecule has 0 aliphatic rings. The van der Waals surface area contributed by atoms with E-state index in [1.54, 1.807) is 0 Å². The van der Waals surface area contributed by atoms with E-state index in [1.165, 1.54) is 0 Å². The standard InChI is InChI=1S/5K.2H5O10P3/c;;;;;2*1-11(2,3)9-13(7,8)10-12(4,5)6/h;;;;;2*(H,7,8)(H2,1,2,3)(H2,4,5,6)/q5*+1;;/p-5. The summed E-state index contributed by atoms with van der Waals surface area (Å²) in [5, 5.41) is 0. The molecule has 31 heteroatoms. The molecular weight excluding hydrogens is 701 g/mol. The third-order valence-corrected chi connectivity index (χ3v) is 7.37. The molecule has 0 heterocycles. The van der Waals surface area contributed by atoms with Crippen molar-refractivity contribution in [1.82, 2.24) is 0 Å². The van der Waals surface area contributed by atoms with Crippen LogP contribution in [0.15, 0.2) is 0 Å². The van der Waals surface area contributed by atoms with Gasteiger partial charge in [-0.3, -0.25) is 13.2 Å². The summed E-state index contributed by atoms with van der Waals surface area (Å²) in [5.41, 5.74) is 0. The molecule has 0 unspecified atom stereocenters. The Morgan fingerprint density at radius 3 is 0.774 bits per heavy atom. The van der Waals surface area contributed by atoms with Crippen molar-refractivity contribution in [2.45, 2.75) is 0 Å². The molecule has 5 N–H and O–H groups in total. The van der Waals surface area contributed by atoms with Crippen LogP contribution in [-0.2, 0) is 44.6 Å². The first-order valence-corrected chi connectivity index (χ1v) is 13.4. The number of hydrogen-bond acceptors (Lipinski definition) is 15. The van der Waals surface area contributed by atoms with Crippen molar-refractivity contribution in [2.24, 2.45) is 0 Å². The van der Waals surface area contributed by atoms with Crippen LogP contribution in [-0.4, -0.2) is 24.5 Å². The van der Waals surface area contributed by atoms with Crippen LogP contribution >= 0.6 is 46.9 Å². The molecule has 0 radical (unpaired) electrons. The summed E-state index contributed by atoms with van der Waals surface area (Å²) in [6.07, 6.45) is 0. The smallest absolute Gasteiger partial charge is 0.790 e. The Morgan fingerprint density at radius 2 is 0.645 bits per heavy atom. The average Bonchev–Trinajstić information content (AvgIpc) is 1.97. The third-order valence-electron chi connectivity index (χ3n) is 0.819. The van der Waals surface area contributed by atoms with Gasteiger partial charge < -0.3 is 58.1 Å². The van der Waals surface area contributed by atoms with E-state index < -0.39 is 46.9 Å². The molecule has 0 saturated carbocycles. The zero-order valence-corrected chi connectivity index (χ0v) is 37.0. The van der Waals surface area contributed by atoms with Crippen LogP contribution in [0.3, 0.4) is 0 Å². The number of phosphoric acid groups is 6. The second kappa shape index (κ2) is 23.5. The maximum atomic E-state index is 10.4. The Labute approximate surface area is 386 Å². The van der Waals surface area contributed by atoms with Crippen LogP contribution in [0.2, 0.25) is 0 Å². The molecule has 160 valence electrons. The van der Waals surface area contributed by atoms with Gasteiger partial charge in [0.15, 0.2) is 0 Å². The van der Waals surface area contributed by atoms with Crippen LogP contribution < -0.4 is 281 Å². The van der Waals surface area contributed by atoms with E-state index in [9.17, 15) is 51.9 Å². The first-order chi connectivity index (χ1) is 10.8. The van der Waals surface area contributed by atoms with E-state index in [2.05, 4.69) is 17.2 Å². The molecule has 31 heavy (non-hydrogen) atoms. The van der Waals surface area contributed by atoms with E-state index in [4.69, 9.17) is 24.5 Å². The predicted molar refractivity (Wildman–Crippen MR) is 61.1 cm³/mol. The SMILES string of the molecule is O=P(O)(O)OP(=O)(O)OP(=O)(O)O.O=P([O-])([O-])OP(=O)([O-])OP(=O)([O-])[O-].[K+].[K+].[K+].[K+].[K+]. The van der Waals surface area contributed by atoms with Gasteiger partial charge in [-0.25, -0.2) is 13.7 Å². The van der Waals surface area contributed by atoms with Gasteiger partial charge in [-0.15, -0.1) is 0 Å². The van der Waals surface area contributed by atoms with Crippen molar-refractivity contribution >= 4 is 46.9 Å². The minimum absolute atomic E-state index is 0. The fraction of sp³-hybridized carbons (Fsp3) is 0. The monoisotopic (exact) mass is 706 g/mol. The fourth-order valence-corrected chi connectivity index (χ4v) is 5.43. The van der Waals surface area contributed by atoms with Gasteiger partial charge in [0.25, 0.3) is 7.82 Å². The second-order valence-corrected chi connectivity index (χ2v) is 11.3. The minimum Gasteiger partial charge on any atom is -0.790 e. The van der Waals surface area contributed by atoms with E-state index in [0.29, 0.717) is 0 Å². The van der Waals surface area contributed by atoms with E-state index >= 15 is 0 Å². The van der Waals surface area contributed by atoms with Gasteiger partial charge in [-0.1, -0.05) is 0 Å². The maximum absolute atomic E-state index is 10.4. The van der Waals surface area contributed by atoms with Gasteiger partial charge in [0, 0.05) is 0 Å². The van der Waals surface area contributed by atoms with Crippen molar-refractivity contribution in [3.8, 4) is 0 Å². The molecule has 0 rings (SSSR count). The average molecular weight is 706 g/mol. The zero-order valence-electron chi connectivity index (χ0n) is 16.0. The molecule has 0 aromatic carbocycles. The summed E-state index contributed by atoms with van der Waals surface area (Å²) in [7, 11) is -34.1. The Hall–Kier alpha value is 9.00. The molecule has 0 atom stereocenters. The minimum atomic E-state index is -5.97. The normalized spacial score (nSPS) is 12.2. The topological polar surface area (TPSA) is 356 Å². The summed E-state index contributed by atoms with van der Waals surface area (Å²) in [6.45, 7) is 0. The third kappa shape index (κ3) is 49.0. The van der Waals surface area contributed by atoms with Crippen molar-refractivity contribution in [3.63, 3.8) is 0 Å². The molecular formula is H5K5O20P6. The van der Waals surface area contributed by atoms with E-state index in [-0.39, 0.29) is 257 Å². The Morgan fingerprint density at radius 1 is 0.452 bits per heavy atom. The Kier molecular flexibility index (Phi) is 42.3. The molecule has 0 bridgehead atoms. The molecule has 0 aromatic rings. The first kappa shape index (κ1) is 55.9. The van der Waals surface area contributed by atoms with Crippen LogP contribution in [0.5, 0.6) is 0 Å². The molecule has 0 aliphatic carbocycles. The van der Waals surface area contributed by atoms with Crippen molar-refractivity contribution in [2.75, 3.05) is 0 Å². The Bertz CT molecular complexity index is 628. The van der Waals surface area contributed by atoms with Gasteiger partial charge >= 0.3 is 280 Å². The first-order valence-electron chi connectivity index (χ1n) is 4.47.